The molecular formula is C33H35N3O4S. The summed E-state index contributed by atoms with van der Waals surface area (Å²) in [4.78, 5) is 29.4. The number of carbonyl (C=O) groups is 2. The molecular weight excluding hydrogens is 534 g/mol. The molecule has 212 valence electrons. The third-order valence-corrected chi connectivity index (χ3v) is 8.59. The lowest BCUT2D eigenvalue weighted by Crippen LogP contribution is -2.53. The van der Waals surface area contributed by atoms with Gasteiger partial charge >= 0.3 is 0 Å². The predicted molar refractivity (Wildman–Crippen MR) is 162 cm³/mol. The number of aryl methyl sites for hydroxylation is 1. The normalized spacial score (nSPS) is 11.9. The molecule has 8 heteroatoms. The van der Waals surface area contributed by atoms with Gasteiger partial charge in [-0.15, -0.1) is 0 Å². The number of nitrogens with one attached hydrogen (secondary N) is 1. The summed E-state index contributed by atoms with van der Waals surface area (Å²) < 4.78 is 29.1. The van der Waals surface area contributed by atoms with E-state index in [0.29, 0.717) is 17.8 Å². The summed E-state index contributed by atoms with van der Waals surface area (Å²) >= 11 is 0. The fourth-order valence-electron chi connectivity index (χ4n) is 4.70. The Balaban J connectivity index is 1.78. The van der Waals surface area contributed by atoms with E-state index >= 15 is 0 Å². The highest BCUT2D eigenvalue weighted by Gasteiger charge is 2.34. The summed E-state index contributed by atoms with van der Waals surface area (Å²) in [6.45, 7) is 3.70. The van der Waals surface area contributed by atoms with E-state index in [1.165, 1.54) is 17.0 Å². The Kier molecular flexibility index (Phi) is 9.92. The van der Waals surface area contributed by atoms with E-state index < -0.39 is 28.5 Å². The number of benzene rings is 4. The Morgan fingerprint density at radius 3 is 1.88 bits per heavy atom. The Labute approximate surface area is 242 Å². The molecule has 0 aliphatic carbocycles. The lowest BCUT2D eigenvalue weighted by atomic mass is 10.0. The molecule has 0 radical (unpaired) electrons. The number of likely N-dealkylation sites (N-methyl/N-ethyl adjacent to an activating group) is 1. The molecule has 0 unspecified atom stereocenters. The minimum absolute atomic E-state index is 0.0789. The number of para-hydroxylation sites is 1. The van der Waals surface area contributed by atoms with Gasteiger partial charge in [-0.25, -0.2) is 8.42 Å². The van der Waals surface area contributed by atoms with Crippen molar-refractivity contribution in [3.05, 3.63) is 132 Å². The molecule has 0 aromatic heterocycles. The number of rotatable bonds is 12. The van der Waals surface area contributed by atoms with Crippen molar-refractivity contribution in [1.82, 2.24) is 10.2 Å². The van der Waals surface area contributed by atoms with E-state index in [2.05, 4.69) is 5.32 Å². The molecule has 2 amide bonds. The molecule has 7 nitrogen and oxygen atoms in total. The fourth-order valence-corrected chi connectivity index (χ4v) is 6.20. The topological polar surface area (TPSA) is 86.8 Å². The number of anilines is 1. The molecule has 0 heterocycles. The highest BCUT2D eigenvalue weighted by Crippen LogP contribution is 2.27. The first kappa shape index (κ1) is 29.6. The van der Waals surface area contributed by atoms with Gasteiger partial charge in [0.05, 0.1) is 10.6 Å². The number of nitrogens with zero attached hydrogens (tertiary/aromatic N) is 2. The predicted octanol–water partition coefficient (Wildman–Crippen LogP) is 4.97. The highest BCUT2D eigenvalue weighted by molar-refractivity contribution is 7.92. The molecule has 4 rings (SSSR count). The van der Waals surface area contributed by atoms with Crippen LogP contribution in [0.15, 0.2) is 120 Å². The smallest absolute Gasteiger partial charge is 0.264 e. The van der Waals surface area contributed by atoms with Crippen molar-refractivity contribution < 1.29 is 18.0 Å². The van der Waals surface area contributed by atoms with Gasteiger partial charge < -0.3 is 10.2 Å². The second-order valence-electron chi connectivity index (χ2n) is 9.72. The van der Waals surface area contributed by atoms with Crippen molar-refractivity contribution in [2.75, 3.05) is 17.4 Å². The van der Waals surface area contributed by atoms with Crippen molar-refractivity contribution in [3.63, 3.8) is 0 Å². The molecule has 0 bridgehead atoms. The quantitative estimate of drug-likeness (QED) is 0.261. The van der Waals surface area contributed by atoms with E-state index in [4.69, 9.17) is 0 Å². The largest absolute Gasteiger partial charge is 0.355 e. The third kappa shape index (κ3) is 7.41. The van der Waals surface area contributed by atoms with Gasteiger partial charge in [-0.2, -0.15) is 0 Å². The van der Waals surface area contributed by atoms with E-state index in [-0.39, 0.29) is 23.8 Å². The summed E-state index contributed by atoms with van der Waals surface area (Å²) in [6.07, 6.45) is 0.279. The molecule has 4 aromatic rings. The van der Waals surface area contributed by atoms with Crippen LogP contribution in [0.4, 0.5) is 5.69 Å². The van der Waals surface area contributed by atoms with Crippen LogP contribution in [-0.4, -0.2) is 44.3 Å². The van der Waals surface area contributed by atoms with Crippen LogP contribution >= 0.6 is 0 Å². The van der Waals surface area contributed by atoms with Crippen LogP contribution in [0.25, 0.3) is 0 Å². The second-order valence-corrected chi connectivity index (χ2v) is 11.6. The van der Waals surface area contributed by atoms with Crippen molar-refractivity contribution in [1.29, 1.82) is 0 Å². The molecule has 0 aliphatic rings. The molecule has 1 N–H and O–H groups in total. The minimum atomic E-state index is -4.11. The van der Waals surface area contributed by atoms with E-state index in [0.717, 1.165) is 15.4 Å². The van der Waals surface area contributed by atoms with Crippen LogP contribution in [0.5, 0.6) is 0 Å². The van der Waals surface area contributed by atoms with E-state index in [1.807, 2.05) is 86.6 Å². The third-order valence-electron chi connectivity index (χ3n) is 6.81. The fraction of sp³-hybridized carbons (Fsp3) is 0.212. The van der Waals surface area contributed by atoms with Crippen LogP contribution in [0.1, 0.15) is 23.6 Å². The van der Waals surface area contributed by atoms with Crippen molar-refractivity contribution in [2.45, 2.75) is 37.8 Å². The van der Waals surface area contributed by atoms with Gasteiger partial charge in [-0.05, 0) is 48.7 Å². The maximum atomic E-state index is 14.3. The summed E-state index contributed by atoms with van der Waals surface area (Å²) in [5.41, 5.74) is 2.83. The zero-order chi connectivity index (χ0) is 29.2. The van der Waals surface area contributed by atoms with Crippen LogP contribution in [0.2, 0.25) is 0 Å². The van der Waals surface area contributed by atoms with Gasteiger partial charge in [-0.1, -0.05) is 97.1 Å². The standard InChI is InChI=1S/C33H35N3O4S/c1-3-34-33(38)31(23-27-16-7-4-8-17-27)35(24-28-18-9-5-10-19-28)32(37)25-36(30-22-14-13-15-26(30)2)41(39,40)29-20-11-6-12-21-29/h4-22,31H,3,23-25H2,1-2H3,(H,34,38)/t31-/m0/s1. The van der Waals surface area contributed by atoms with Crippen molar-refractivity contribution >= 4 is 27.5 Å². The van der Waals surface area contributed by atoms with E-state index in [9.17, 15) is 18.0 Å². The number of sulfonamides is 1. The van der Waals surface area contributed by atoms with Crippen molar-refractivity contribution in [3.8, 4) is 0 Å². The maximum Gasteiger partial charge on any atom is 0.264 e. The zero-order valence-electron chi connectivity index (χ0n) is 23.3. The molecule has 4 aromatic carbocycles. The lowest BCUT2D eigenvalue weighted by molar-refractivity contribution is -0.140. The Bertz CT molecular complexity index is 1550. The molecule has 0 saturated heterocycles. The average Bonchev–Trinajstić information content (AvgIpc) is 2.99. The number of hydrogen-bond acceptors (Lipinski definition) is 4. The lowest BCUT2D eigenvalue weighted by Gasteiger charge is -2.34. The monoisotopic (exact) mass is 569 g/mol. The minimum Gasteiger partial charge on any atom is -0.355 e. The molecule has 0 aliphatic heterocycles. The number of carbonyl (C=O) groups excluding carboxylic acids is 2. The van der Waals surface area contributed by atoms with Gasteiger partial charge in [0.2, 0.25) is 11.8 Å². The summed E-state index contributed by atoms with van der Waals surface area (Å²) in [6, 6.07) is 33.2. The van der Waals surface area contributed by atoms with Gasteiger partial charge in [0.25, 0.3) is 10.0 Å². The van der Waals surface area contributed by atoms with Gasteiger partial charge in [0.1, 0.15) is 12.6 Å². The van der Waals surface area contributed by atoms with E-state index in [1.54, 1.807) is 30.3 Å². The van der Waals surface area contributed by atoms with Crippen molar-refractivity contribution in [2.24, 2.45) is 0 Å². The molecule has 0 spiro atoms. The van der Waals surface area contributed by atoms with Gasteiger partial charge in [0, 0.05) is 19.5 Å². The van der Waals surface area contributed by atoms with Crippen LogP contribution in [0, 0.1) is 6.92 Å². The first-order valence-electron chi connectivity index (χ1n) is 13.6. The Morgan fingerprint density at radius 1 is 0.756 bits per heavy atom. The van der Waals surface area contributed by atoms with Crippen LogP contribution < -0.4 is 9.62 Å². The first-order chi connectivity index (χ1) is 19.8. The number of hydrogen-bond donors (Lipinski definition) is 1. The summed E-state index contributed by atoms with van der Waals surface area (Å²) in [7, 11) is -4.11. The first-order valence-corrected chi connectivity index (χ1v) is 15.0. The average molecular weight is 570 g/mol. The Hall–Kier alpha value is -4.43. The number of amides is 2. The van der Waals surface area contributed by atoms with Crippen LogP contribution in [0.3, 0.4) is 0 Å². The van der Waals surface area contributed by atoms with Gasteiger partial charge in [0.15, 0.2) is 0 Å². The maximum absolute atomic E-state index is 14.3. The molecule has 41 heavy (non-hydrogen) atoms. The van der Waals surface area contributed by atoms with Crippen LogP contribution in [-0.2, 0) is 32.6 Å². The zero-order valence-corrected chi connectivity index (χ0v) is 24.1. The molecule has 1 atom stereocenters. The SMILES string of the molecule is CCNC(=O)[C@H](Cc1ccccc1)N(Cc1ccccc1)C(=O)CN(c1ccccc1C)S(=O)(=O)c1ccccc1. The molecule has 0 fully saturated rings. The summed E-state index contributed by atoms with van der Waals surface area (Å²) in [5.74, 6) is -0.780. The second kappa shape index (κ2) is 13.8. The molecule has 0 saturated carbocycles. The summed E-state index contributed by atoms with van der Waals surface area (Å²) in [5, 5.41) is 2.87. The highest BCUT2D eigenvalue weighted by atomic mass is 32.2. The van der Waals surface area contributed by atoms with Gasteiger partial charge in [-0.3, -0.25) is 13.9 Å². The Morgan fingerprint density at radius 2 is 1.29 bits per heavy atom.